The maximum Gasteiger partial charge on any atom is 0.260 e. The van der Waals surface area contributed by atoms with Gasteiger partial charge < -0.3 is 9.64 Å². The molecule has 0 bridgehead atoms. The first-order valence-electron chi connectivity index (χ1n) is 6.49. The van der Waals surface area contributed by atoms with Crippen molar-refractivity contribution in [3.63, 3.8) is 0 Å². The van der Waals surface area contributed by atoms with Crippen LogP contribution in [-0.4, -0.2) is 46.6 Å². The lowest BCUT2D eigenvalue weighted by atomic mass is 10.1. The number of halogens is 1. The number of aromatic nitrogens is 2. The third-order valence-electron chi connectivity index (χ3n) is 3.80. The van der Waals surface area contributed by atoms with Gasteiger partial charge in [0.25, 0.3) is 5.91 Å². The van der Waals surface area contributed by atoms with Crippen LogP contribution >= 0.6 is 0 Å². The summed E-state index contributed by atoms with van der Waals surface area (Å²) < 4.78 is 19.1. The van der Waals surface area contributed by atoms with Crippen LogP contribution < -0.4 is 4.74 Å². The van der Waals surface area contributed by atoms with Gasteiger partial charge >= 0.3 is 0 Å². The zero-order chi connectivity index (χ0) is 13.5. The number of carbonyl (C=O) groups excluding carboxylic acids is 1. The van der Waals surface area contributed by atoms with Crippen LogP contribution in [0.3, 0.4) is 0 Å². The van der Waals surface area contributed by atoms with Crippen molar-refractivity contribution in [1.82, 2.24) is 14.9 Å². The number of ether oxygens (including phenoxy) is 1. The van der Waals surface area contributed by atoms with Crippen molar-refractivity contribution < 1.29 is 13.9 Å². The highest BCUT2D eigenvalue weighted by molar-refractivity contribution is 5.88. The van der Waals surface area contributed by atoms with Crippen LogP contribution in [-0.2, 0) is 17.6 Å². The van der Waals surface area contributed by atoms with Crippen LogP contribution in [0, 0.1) is 0 Å². The van der Waals surface area contributed by atoms with Gasteiger partial charge in [0.1, 0.15) is 6.33 Å². The lowest BCUT2D eigenvalue weighted by Gasteiger charge is -2.21. The Morgan fingerprint density at radius 3 is 2.79 bits per heavy atom. The number of methoxy groups -OCH3 is 1. The molecule has 5 nitrogen and oxygen atoms in total. The van der Waals surface area contributed by atoms with Crippen molar-refractivity contribution in [1.29, 1.82) is 0 Å². The molecule has 0 radical (unpaired) electrons. The molecular weight excluding hydrogens is 249 g/mol. The number of hydrogen-bond acceptors (Lipinski definition) is 4. The molecule has 0 spiro atoms. The Labute approximate surface area is 110 Å². The van der Waals surface area contributed by atoms with Crippen molar-refractivity contribution >= 4 is 5.91 Å². The summed E-state index contributed by atoms with van der Waals surface area (Å²) in [6.07, 6.45) is 3.42. The Morgan fingerprint density at radius 2 is 2.11 bits per heavy atom. The number of fused-ring (bicyclic) bond motifs is 1. The van der Waals surface area contributed by atoms with Gasteiger partial charge in [0, 0.05) is 25.1 Å². The fourth-order valence-corrected chi connectivity index (χ4v) is 2.48. The first kappa shape index (κ1) is 12.3. The number of hydrogen-bond donors (Lipinski definition) is 0. The van der Waals surface area contributed by atoms with Gasteiger partial charge in [-0.1, -0.05) is 0 Å². The number of alkyl halides is 1. The molecular formula is C13H16FN3O2. The monoisotopic (exact) mass is 265 g/mol. The normalized spacial score (nSPS) is 20.4. The molecule has 19 heavy (non-hydrogen) atoms. The number of amides is 1. The van der Waals surface area contributed by atoms with Crippen LogP contribution in [0.5, 0.6) is 5.88 Å². The van der Waals surface area contributed by atoms with E-state index in [1.165, 1.54) is 6.33 Å². The molecule has 0 unspecified atom stereocenters. The lowest BCUT2D eigenvalue weighted by molar-refractivity contribution is -0.138. The second-order valence-electron chi connectivity index (χ2n) is 5.07. The second kappa shape index (κ2) is 4.43. The maximum absolute atomic E-state index is 13.8. The van der Waals surface area contributed by atoms with E-state index in [0.29, 0.717) is 44.7 Å². The zero-order valence-corrected chi connectivity index (χ0v) is 10.9. The van der Waals surface area contributed by atoms with E-state index in [0.717, 1.165) is 11.3 Å². The van der Waals surface area contributed by atoms with Gasteiger partial charge in [0.2, 0.25) is 5.88 Å². The third kappa shape index (κ3) is 2.15. The third-order valence-corrected chi connectivity index (χ3v) is 3.80. The highest BCUT2D eigenvalue weighted by atomic mass is 19.1. The van der Waals surface area contributed by atoms with E-state index in [-0.39, 0.29) is 5.91 Å². The van der Waals surface area contributed by atoms with Gasteiger partial charge in [-0.2, -0.15) is 0 Å². The average Bonchev–Trinajstić information content (AvgIpc) is 3.20. The molecule has 2 heterocycles. The summed E-state index contributed by atoms with van der Waals surface area (Å²) in [7, 11) is 1.57. The van der Waals surface area contributed by atoms with E-state index in [4.69, 9.17) is 4.74 Å². The molecule has 3 rings (SSSR count). The van der Waals surface area contributed by atoms with Gasteiger partial charge in [-0.15, -0.1) is 0 Å². The molecule has 1 fully saturated rings. The van der Waals surface area contributed by atoms with Crippen LogP contribution in [0.25, 0.3) is 0 Å². The fraction of sp³-hybridized carbons (Fsp3) is 0.615. The molecule has 102 valence electrons. The summed E-state index contributed by atoms with van der Waals surface area (Å²) in [5.41, 5.74) is 0.238. The summed E-state index contributed by atoms with van der Waals surface area (Å²) in [6, 6.07) is 0. The molecule has 0 atom stereocenters. The zero-order valence-electron chi connectivity index (χ0n) is 10.9. The maximum atomic E-state index is 13.8. The Hall–Kier alpha value is -1.72. The summed E-state index contributed by atoms with van der Waals surface area (Å²) in [5, 5.41) is 0. The van der Waals surface area contributed by atoms with Gasteiger partial charge in [0.15, 0.2) is 5.67 Å². The Bertz CT molecular complexity index is 517. The van der Waals surface area contributed by atoms with Gasteiger partial charge in [-0.05, 0) is 19.3 Å². The molecule has 1 aliphatic heterocycles. The molecule has 1 saturated carbocycles. The molecule has 6 heteroatoms. The Morgan fingerprint density at radius 1 is 1.37 bits per heavy atom. The van der Waals surface area contributed by atoms with Crippen LogP contribution in [0.2, 0.25) is 0 Å². The SMILES string of the molecule is COc1ncnc2c1CCN(C(=O)C1(F)CC1)CC2. The number of nitrogens with zero attached hydrogens (tertiary/aromatic N) is 3. The molecule has 0 saturated heterocycles. The van der Waals surface area contributed by atoms with Crippen LogP contribution in [0.15, 0.2) is 6.33 Å². The molecule has 1 amide bonds. The molecule has 2 aliphatic rings. The second-order valence-corrected chi connectivity index (χ2v) is 5.07. The standard InChI is InChI=1S/C13H16FN3O2/c1-19-11-9-2-6-17(12(18)13(14)4-5-13)7-3-10(9)15-8-16-11/h8H,2-7H2,1H3. The van der Waals surface area contributed by atoms with E-state index < -0.39 is 5.67 Å². The van der Waals surface area contributed by atoms with Crippen molar-refractivity contribution in [3.8, 4) is 5.88 Å². The van der Waals surface area contributed by atoms with Crippen LogP contribution in [0.4, 0.5) is 4.39 Å². The van der Waals surface area contributed by atoms with Crippen molar-refractivity contribution in [2.45, 2.75) is 31.4 Å². The van der Waals surface area contributed by atoms with E-state index in [9.17, 15) is 9.18 Å². The molecule has 0 N–H and O–H groups in total. The van der Waals surface area contributed by atoms with E-state index in [1.807, 2.05) is 0 Å². The largest absolute Gasteiger partial charge is 0.481 e. The highest BCUT2D eigenvalue weighted by Crippen LogP contribution is 2.41. The summed E-state index contributed by atoms with van der Waals surface area (Å²) in [5.74, 6) is 0.188. The molecule has 1 aromatic heterocycles. The topological polar surface area (TPSA) is 55.3 Å². The summed E-state index contributed by atoms with van der Waals surface area (Å²) in [4.78, 5) is 21.9. The van der Waals surface area contributed by atoms with E-state index in [1.54, 1.807) is 12.0 Å². The lowest BCUT2D eigenvalue weighted by Crippen LogP contribution is -2.40. The minimum atomic E-state index is -1.59. The minimum absolute atomic E-state index is 0.360. The highest BCUT2D eigenvalue weighted by Gasteiger charge is 2.52. The predicted octanol–water partition coefficient (Wildman–Crippen LogP) is 0.914. The van der Waals surface area contributed by atoms with E-state index >= 15 is 0 Å². The molecule has 1 aromatic rings. The fourth-order valence-electron chi connectivity index (χ4n) is 2.48. The molecule has 1 aliphatic carbocycles. The minimum Gasteiger partial charge on any atom is -0.481 e. The summed E-state index contributed by atoms with van der Waals surface area (Å²) >= 11 is 0. The predicted molar refractivity (Wildman–Crippen MR) is 65.6 cm³/mol. The summed E-state index contributed by atoms with van der Waals surface area (Å²) in [6.45, 7) is 1.01. The van der Waals surface area contributed by atoms with Gasteiger partial charge in [-0.25, -0.2) is 14.4 Å². The van der Waals surface area contributed by atoms with Gasteiger partial charge in [-0.3, -0.25) is 4.79 Å². The Kier molecular flexibility index (Phi) is 2.88. The van der Waals surface area contributed by atoms with E-state index in [2.05, 4.69) is 9.97 Å². The van der Waals surface area contributed by atoms with Crippen LogP contribution in [0.1, 0.15) is 24.1 Å². The van der Waals surface area contributed by atoms with Crippen molar-refractivity contribution in [2.75, 3.05) is 20.2 Å². The quantitative estimate of drug-likeness (QED) is 0.797. The Balaban J connectivity index is 1.79. The average molecular weight is 265 g/mol. The van der Waals surface area contributed by atoms with Crippen molar-refractivity contribution in [2.24, 2.45) is 0 Å². The number of rotatable bonds is 2. The van der Waals surface area contributed by atoms with Crippen molar-refractivity contribution in [3.05, 3.63) is 17.6 Å². The number of carbonyl (C=O) groups is 1. The first-order valence-corrected chi connectivity index (χ1v) is 6.49. The van der Waals surface area contributed by atoms with Gasteiger partial charge in [0.05, 0.1) is 12.8 Å². The molecule has 0 aromatic carbocycles. The smallest absolute Gasteiger partial charge is 0.260 e. The first-order chi connectivity index (χ1) is 9.14.